The molecular weight excluding hydrogens is 760 g/mol. The molecule has 0 aliphatic carbocycles. The zero-order valence-corrected chi connectivity index (χ0v) is 27.6. The molecule has 0 aromatic carbocycles. The molecule has 4 aromatic rings. The van der Waals surface area contributed by atoms with E-state index in [2.05, 4.69) is 72.4 Å². The molecule has 4 heterocycles. The average Bonchev–Trinajstić information content (AvgIpc) is 2.92. The van der Waals surface area contributed by atoms with Gasteiger partial charge in [0.15, 0.2) is 10.1 Å². The Morgan fingerprint density at radius 3 is 1.65 bits per heavy atom. The second kappa shape index (κ2) is 14.6. The molecule has 4 rings (SSSR count). The molecule has 16 nitrogen and oxygen atoms in total. The van der Waals surface area contributed by atoms with Crippen LogP contribution in [-0.2, 0) is 20.0 Å². The number of nitrogens with zero attached hydrogens (tertiary/aromatic N) is 6. The maximum atomic E-state index is 11.2. The van der Waals surface area contributed by atoms with Crippen molar-refractivity contribution in [3.63, 3.8) is 0 Å². The minimum Gasteiger partial charge on any atom is -0.471 e. The predicted molar refractivity (Wildman–Crippen MR) is 164 cm³/mol. The molecule has 7 N–H and O–H groups in total. The standard InChI is InChI=1S/C13H16BrN5O4S.C9H7BrClN5O2S/c1-7(20)8(2)23-12-10(14)6-17-13(19-12)18-9-3-4-11(16-5-9)24(15,21)22;10-6-4-14-9(16-8(6)11)15-5-1-2-7(13-3-5)19(12,17)18/h3-8,20H,1-2H3,(H2,15,21,22)(H,17,18,19);1-4H,(H2,12,17,18)(H,14,15,16)/t7-,8-;/m1./s1. The summed E-state index contributed by atoms with van der Waals surface area (Å²) in [5.41, 5.74) is 0.977. The van der Waals surface area contributed by atoms with E-state index in [0.29, 0.717) is 20.3 Å². The van der Waals surface area contributed by atoms with Crippen LogP contribution in [0.3, 0.4) is 0 Å². The number of anilines is 4. The molecule has 0 saturated heterocycles. The van der Waals surface area contributed by atoms with Crippen molar-refractivity contribution in [3.8, 4) is 5.88 Å². The van der Waals surface area contributed by atoms with Crippen LogP contribution in [0.4, 0.5) is 23.3 Å². The van der Waals surface area contributed by atoms with E-state index in [-0.39, 0.29) is 33.0 Å². The summed E-state index contributed by atoms with van der Waals surface area (Å²) in [7, 11) is -7.65. The SMILES string of the molecule is C[C@@H](O)[C@@H](C)Oc1nc(Nc2ccc(S(N)(=O)=O)nc2)ncc1Br.NS(=O)(=O)c1ccc(Nc2ncc(Br)c(Cl)n2)cn1. The number of rotatable bonds is 9. The first-order chi connectivity index (χ1) is 20.0. The van der Waals surface area contributed by atoms with E-state index >= 15 is 0 Å². The van der Waals surface area contributed by atoms with Crippen LogP contribution in [0, 0.1) is 0 Å². The van der Waals surface area contributed by atoms with E-state index in [4.69, 9.17) is 26.6 Å². The quantitative estimate of drug-likeness (QED) is 0.153. The van der Waals surface area contributed by atoms with Crippen molar-refractivity contribution in [2.75, 3.05) is 10.6 Å². The van der Waals surface area contributed by atoms with Gasteiger partial charge < -0.3 is 20.5 Å². The fraction of sp³-hybridized carbons (Fsp3) is 0.182. The third-order valence-corrected chi connectivity index (χ3v) is 8.25. The summed E-state index contributed by atoms with van der Waals surface area (Å²) in [5.74, 6) is 0.740. The Hall–Kier alpha value is -3.11. The van der Waals surface area contributed by atoms with Gasteiger partial charge in [-0.1, -0.05) is 11.6 Å². The first-order valence-corrected chi connectivity index (χ1v) is 16.7. The lowest BCUT2D eigenvalue weighted by Gasteiger charge is -2.17. The molecule has 0 spiro atoms. The second-order valence-electron chi connectivity index (χ2n) is 8.35. The highest BCUT2D eigenvalue weighted by Gasteiger charge is 2.15. The summed E-state index contributed by atoms with van der Waals surface area (Å²) in [4.78, 5) is 23.7. The van der Waals surface area contributed by atoms with Crippen molar-refractivity contribution in [1.29, 1.82) is 0 Å². The van der Waals surface area contributed by atoms with Crippen LogP contribution in [0.5, 0.6) is 5.88 Å². The van der Waals surface area contributed by atoms with Crippen molar-refractivity contribution in [2.45, 2.75) is 36.1 Å². The Morgan fingerprint density at radius 1 is 0.791 bits per heavy atom. The van der Waals surface area contributed by atoms with Crippen molar-refractivity contribution in [3.05, 3.63) is 63.2 Å². The highest BCUT2D eigenvalue weighted by Crippen LogP contribution is 2.25. The Morgan fingerprint density at radius 2 is 1.26 bits per heavy atom. The lowest BCUT2D eigenvalue weighted by Crippen LogP contribution is -2.26. The molecule has 0 unspecified atom stereocenters. The molecule has 0 radical (unpaired) electrons. The molecule has 4 aromatic heterocycles. The third kappa shape index (κ3) is 10.5. The highest BCUT2D eigenvalue weighted by molar-refractivity contribution is 9.10. The number of aromatic nitrogens is 6. The summed E-state index contributed by atoms with van der Waals surface area (Å²) in [6.45, 7) is 3.32. The van der Waals surface area contributed by atoms with Gasteiger partial charge in [-0.3, -0.25) is 0 Å². The molecule has 230 valence electrons. The summed E-state index contributed by atoms with van der Waals surface area (Å²) in [5, 5.41) is 24.9. The molecule has 0 saturated carbocycles. The molecule has 0 aliphatic heterocycles. The monoisotopic (exact) mass is 780 g/mol. The summed E-state index contributed by atoms with van der Waals surface area (Å²) in [6, 6.07) is 5.52. The maximum Gasteiger partial charge on any atom is 0.255 e. The van der Waals surface area contributed by atoms with Gasteiger partial charge >= 0.3 is 0 Å². The van der Waals surface area contributed by atoms with Crippen molar-refractivity contribution in [1.82, 2.24) is 29.9 Å². The number of halogens is 3. The van der Waals surface area contributed by atoms with Crippen LogP contribution in [0.2, 0.25) is 5.15 Å². The average molecular weight is 783 g/mol. The Bertz CT molecular complexity index is 1790. The van der Waals surface area contributed by atoms with Crippen molar-refractivity contribution >= 4 is 86.8 Å². The fourth-order valence-corrected chi connectivity index (χ4v) is 4.20. The van der Waals surface area contributed by atoms with Crippen molar-refractivity contribution < 1.29 is 26.7 Å². The molecular formula is C22H23Br2ClN10O6S2. The molecule has 0 aliphatic rings. The number of nitrogens with two attached hydrogens (primary N) is 2. The van der Waals surface area contributed by atoms with E-state index in [9.17, 15) is 21.9 Å². The largest absolute Gasteiger partial charge is 0.471 e. The van der Waals surface area contributed by atoms with Gasteiger partial charge in [0.05, 0.1) is 45.0 Å². The van der Waals surface area contributed by atoms with Gasteiger partial charge in [0.25, 0.3) is 20.0 Å². The number of sulfonamides is 2. The first-order valence-electron chi connectivity index (χ1n) is 11.6. The molecule has 0 amide bonds. The minimum atomic E-state index is -3.85. The zero-order chi connectivity index (χ0) is 31.9. The van der Waals surface area contributed by atoms with Crippen LogP contribution in [0.1, 0.15) is 13.8 Å². The van der Waals surface area contributed by atoms with Gasteiger partial charge in [-0.15, -0.1) is 0 Å². The third-order valence-electron chi connectivity index (χ3n) is 4.96. The van der Waals surface area contributed by atoms with Gasteiger partial charge in [0, 0.05) is 6.20 Å². The van der Waals surface area contributed by atoms with Crippen LogP contribution in [0.15, 0.2) is 68.1 Å². The van der Waals surface area contributed by atoms with E-state index in [1.165, 1.54) is 49.1 Å². The number of primary sulfonamides is 2. The Labute approximate surface area is 268 Å². The van der Waals surface area contributed by atoms with Gasteiger partial charge in [0.1, 0.15) is 11.3 Å². The van der Waals surface area contributed by atoms with E-state index in [1.807, 2.05) is 0 Å². The zero-order valence-electron chi connectivity index (χ0n) is 22.1. The lowest BCUT2D eigenvalue weighted by molar-refractivity contribution is 0.0569. The summed E-state index contributed by atoms with van der Waals surface area (Å²) >= 11 is 12.3. The summed E-state index contributed by atoms with van der Waals surface area (Å²) < 4.78 is 51.1. The maximum absolute atomic E-state index is 11.2. The summed E-state index contributed by atoms with van der Waals surface area (Å²) in [6.07, 6.45) is 4.46. The number of hydrogen-bond acceptors (Lipinski definition) is 14. The smallest absolute Gasteiger partial charge is 0.255 e. The number of ether oxygens (including phenoxy) is 1. The number of nitrogens with one attached hydrogen (secondary N) is 2. The molecule has 21 heteroatoms. The molecule has 0 fully saturated rings. The highest BCUT2D eigenvalue weighted by atomic mass is 79.9. The van der Waals surface area contributed by atoms with E-state index in [1.54, 1.807) is 13.8 Å². The second-order valence-corrected chi connectivity index (χ2v) is 13.4. The van der Waals surface area contributed by atoms with Crippen LogP contribution in [0.25, 0.3) is 0 Å². The van der Waals surface area contributed by atoms with E-state index < -0.39 is 32.3 Å². The topological polar surface area (TPSA) is 251 Å². The fourth-order valence-electron chi connectivity index (χ4n) is 2.68. The number of aliphatic hydroxyl groups excluding tert-OH is 1. The normalized spacial score (nSPS) is 12.8. The predicted octanol–water partition coefficient (Wildman–Crippen LogP) is 2.85. The molecule has 43 heavy (non-hydrogen) atoms. The van der Waals surface area contributed by atoms with E-state index in [0.717, 1.165) is 0 Å². The lowest BCUT2D eigenvalue weighted by atomic mass is 10.3. The van der Waals surface area contributed by atoms with Gasteiger partial charge in [-0.05, 0) is 70.0 Å². The van der Waals surface area contributed by atoms with Crippen LogP contribution in [-0.4, -0.2) is 64.1 Å². The van der Waals surface area contributed by atoms with Gasteiger partial charge in [0.2, 0.25) is 17.8 Å². The first kappa shape index (κ1) is 34.4. The van der Waals surface area contributed by atoms with Gasteiger partial charge in [-0.2, -0.15) is 9.97 Å². The van der Waals surface area contributed by atoms with Crippen LogP contribution >= 0.6 is 43.5 Å². The van der Waals surface area contributed by atoms with Crippen molar-refractivity contribution in [2.24, 2.45) is 10.3 Å². The number of aliphatic hydroxyl groups is 1. The van der Waals surface area contributed by atoms with Gasteiger partial charge in [-0.25, -0.2) is 47.0 Å². The number of pyridine rings is 2. The minimum absolute atomic E-state index is 0.215. The Balaban J connectivity index is 0.000000242. The molecule has 2 atom stereocenters. The Kier molecular flexibility index (Phi) is 11.7. The van der Waals surface area contributed by atoms with Crippen LogP contribution < -0.4 is 25.6 Å². The number of hydrogen-bond donors (Lipinski definition) is 5. The molecule has 0 bridgehead atoms.